The van der Waals surface area contributed by atoms with Gasteiger partial charge in [0, 0.05) is 12.0 Å². The summed E-state index contributed by atoms with van der Waals surface area (Å²) in [6, 6.07) is 2.48. The second kappa shape index (κ2) is 9.00. The van der Waals surface area contributed by atoms with E-state index in [-0.39, 0.29) is 30.2 Å². The first-order valence-corrected chi connectivity index (χ1v) is 12.6. The second-order valence-corrected chi connectivity index (χ2v) is 11.0. The molecule has 1 aromatic rings. The van der Waals surface area contributed by atoms with E-state index in [0.717, 1.165) is 25.9 Å². The molecule has 11 heteroatoms. The molecule has 37 heavy (non-hydrogen) atoms. The fraction of sp³-hybridized carbons (Fsp3) is 0.577. The number of hydrogen-bond donors (Lipinski definition) is 5. The number of nitrogens with zero attached hydrogens (tertiary/aromatic N) is 1. The monoisotopic (exact) mass is 512 g/mol. The summed E-state index contributed by atoms with van der Waals surface area (Å²) in [7, 11) is 3.12. The van der Waals surface area contributed by atoms with Gasteiger partial charge in [0.05, 0.1) is 23.2 Å². The number of nitrogens with one attached hydrogen (secondary N) is 2. The van der Waals surface area contributed by atoms with E-state index in [2.05, 4.69) is 10.6 Å². The minimum absolute atomic E-state index is 0.00512. The Bertz CT molecular complexity index is 1210. The summed E-state index contributed by atoms with van der Waals surface area (Å²) in [4.78, 5) is 67.5. The number of ketones is 4. The van der Waals surface area contributed by atoms with Crippen LogP contribution in [0.5, 0.6) is 5.75 Å². The number of nitrogens with two attached hydrogens (primary N) is 1. The Balaban J connectivity index is 1.54. The van der Waals surface area contributed by atoms with E-state index >= 15 is 0 Å². The molecule has 1 aromatic carbocycles. The van der Waals surface area contributed by atoms with Gasteiger partial charge < -0.3 is 26.6 Å². The molecule has 1 aliphatic heterocycles. The van der Waals surface area contributed by atoms with Gasteiger partial charge in [-0.15, -0.1) is 0 Å². The molecule has 1 saturated heterocycles. The molecule has 3 unspecified atom stereocenters. The zero-order chi connectivity index (χ0) is 26.8. The zero-order valence-electron chi connectivity index (χ0n) is 20.8. The first-order chi connectivity index (χ1) is 17.5. The molecule has 0 spiro atoms. The number of aliphatic hydroxyl groups is 1. The van der Waals surface area contributed by atoms with Crippen molar-refractivity contribution in [3.8, 4) is 5.75 Å². The molecule has 3 aliphatic carbocycles. The average molecular weight is 513 g/mol. The van der Waals surface area contributed by atoms with Gasteiger partial charge in [0.1, 0.15) is 5.75 Å². The first kappa shape index (κ1) is 25.5. The molecule has 6 atom stereocenters. The fourth-order valence-electron chi connectivity index (χ4n) is 6.88. The Hall–Kier alpha value is -3.15. The molecule has 1 amide bonds. The standard InChI is InChI=1S/C26H32N4O7/c1-30(2)19-14-10-12-9-11-3-4-15(29-13-5-7-28-8-6-13)20(31)16(11)21(32)17(12)23(34)26(14,37)24(35)18(22(19)33)25(27)36/h3-4,12-14,17-19,28-29,31,37H,5-10H2,1-2H3,(H2,27,36)/t12-,14-,17?,18?,19?,26-/m0/s1. The summed E-state index contributed by atoms with van der Waals surface area (Å²) in [5, 5.41) is 29.2. The number of likely N-dealkylation sites (N-methyl/N-ethyl adjacent to an activating group) is 1. The zero-order valence-corrected chi connectivity index (χ0v) is 20.8. The number of piperidine rings is 1. The maximum atomic E-state index is 13.8. The number of amides is 1. The van der Waals surface area contributed by atoms with Crippen LogP contribution < -0.4 is 16.4 Å². The van der Waals surface area contributed by atoms with Gasteiger partial charge in [0.2, 0.25) is 5.91 Å². The van der Waals surface area contributed by atoms with E-state index in [1.54, 1.807) is 26.2 Å². The summed E-state index contributed by atoms with van der Waals surface area (Å²) in [5.74, 6) is -10.3. The van der Waals surface area contributed by atoms with E-state index in [9.17, 15) is 34.2 Å². The number of carbonyl (C=O) groups is 5. The Morgan fingerprint density at radius 3 is 2.43 bits per heavy atom. The van der Waals surface area contributed by atoms with E-state index < -0.39 is 64.4 Å². The topological polar surface area (TPSA) is 179 Å². The van der Waals surface area contributed by atoms with Crippen molar-refractivity contribution >= 4 is 34.7 Å². The van der Waals surface area contributed by atoms with Crippen molar-refractivity contribution in [1.29, 1.82) is 0 Å². The number of fused-ring (bicyclic) bond motifs is 3. The molecule has 6 N–H and O–H groups in total. The third kappa shape index (κ3) is 3.71. The van der Waals surface area contributed by atoms with Crippen molar-refractivity contribution in [2.45, 2.75) is 43.4 Å². The smallest absolute Gasteiger partial charge is 0.235 e. The number of phenols is 1. The summed E-state index contributed by atoms with van der Waals surface area (Å²) < 4.78 is 0. The third-order valence-corrected chi connectivity index (χ3v) is 8.63. The van der Waals surface area contributed by atoms with Gasteiger partial charge in [0.25, 0.3) is 0 Å². The number of hydrogen-bond acceptors (Lipinski definition) is 10. The predicted molar refractivity (Wildman–Crippen MR) is 131 cm³/mol. The van der Waals surface area contributed by atoms with E-state index in [1.807, 2.05) is 0 Å². The van der Waals surface area contributed by atoms with Crippen LogP contribution in [0.4, 0.5) is 5.69 Å². The lowest BCUT2D eigenvalue weighted by Crippen LogP contribution is -2.74. The quantitative estimate of drug-likeness (QED) is 0.249. The lowest BCUT2D eigenvalue weighted by molar-refractivity contribution is -0.181. The van der Waals surface area contributed by atoms with Gasteiger partial charge in [-0.05, 0) is 70.4 Å². The van der Waals surface area contributed by atoms with Gasteiger partial charge in [-0.1, -0.05) is 6.07 Å². The lowest BCUT2D eigenvalue weighted by atomic mass is 9.52. The number of phenolic OH excluding ortho intramolecular Hbond substituents is 1. The largest absolute Gasteiger partial charge is 0.505 e. The Morgan fingerprint density at radius 1 is 1.14 bits per heavy atom. The summed E-state index contributed by atoms with van der Waals surface area (Å²) >= 11 is 0. The highest BCUT2D eigenvalue weighted by Crippen LogP contribution is 2.51. The van der Waals surface area contributed by atoms with Crippen molar-refractivity contribution in [3.63, 3.8) is 0 Å². The summed E-state index contributed by atoms with van der Waals surface area (Å²) in [6.07, 6.45) is 1.99. The van der Waals surface area contributed by atoms with Crippen molar-refractivity contribution < 1.29 is 34.2 Å². The molecule has 4 aliphatic rings. The second-order valence-electron chi connectivity index (χ2n) is 11.0. The van der Waals surface area contributed by atoms with Crippen LogP contribution in [0, 0.1) is 23.7 Å². The number of primary amides is 1. The molecule has 1 heterocycles. The molecule has 0 aromatic heterocycles. The molecule has 2 saturated carbocycles. The lowest BCUT2D eigenvalue weighted by Gasteiger charge is -2.52. The average Bonchev–Trinajstić information content (AvgIpc) is 2.83. The number of rotatable bonds is 4. The molecule has 5 rings (SSSR count). The van der Waals surface area contributed by atoms with Crippen molar-refractivity contribution in [2.24, 2.45) is 29.4 Å². The summed E-state index contributed by atoms with van der Waals surface area (Å²) in [6.45, 7) is 1.66. The van der Waals surface area contributed by atoms with Crippen molar-refractivity contribution in [1.82, 2.24) is 10.2 Å². The van der Waals surface area contributed by atoms with Crippen LogP contribution in [-0.4, -0.2) is 89.0 Å². The van der Waals surface area contributed by atoms with Crippen LogP contribution in [0.3, 0.4) is 0 Å². The summed E-state index contributed by atoms with van der Waals surface area (Å²) in [5.41, 5.74) is 3.59. The molecule has 11 nitrogen and oxygen atoms in total. The predicted octanol–water partition coefficient (Wildman–Crippen LogP) is -0.969. The Kier molecular flexibility index (Phi) is 6.20. The molecular weight excluding hydrogens is 480 g/mol. The molecule has 0 bridgehead atoms. The highest BCUT2D eigenvalue weighted by atomic mass is 16.3. The highest BCUT2D eigenvalue weighted by Gasteiger charge is 2.69. The van der Waals surface area contributed by atoms with Crippen LogP contribution in [0.2, 0.25) is 0 Å². The van der Waals surface area contributed by atoms with E-state index in [0.29, 0.717) is 11.3 Å². The Morgan fingerprint density at radius 2 is 1.81 bits per heavy atom. The number of anilines is 1. The van der Waals surface area contributed by atoms with Gasteiger partial charge in [-0.2, -0.15) is 0 Å². The molecule has 0 radical (unpaired) electrons. The van der Waals surface area contributed by atoms with Crippen LogP contribution in [0.25, 0.3) is 0 Å². The van der Waals surface area contributed by atoms with Gasteiger partial charge in [-0.3, -0.25) is 28.9 Å². The van der Waals surface area contributed by atoms with Crippen LogP contribution in [-0.2, 0) is 25.6 Å². The number of benzene rings is 1. The maximum absolute atomic E-state index is 13.8. The van der Waals surface area contributed by atoms with Crippen molar-refractivity contribution in [3.05, 3.63) is 23.3 Å². The molecular formula is C26H32N4O7. The molecule has 198 valence electrons. The molecule has 3 fully saturated rings. The SMILES string of the molecule is CN(C)C1C(=O)C(C(N)=O)C(=O)[C@@]2(O)C(=O)C3C(=O)c4c(ccc(NC5CCNCC5)c4O)C[C@H]3C[C@@H]12. The van der Waals surface area contributed by atoms with Gasteiger partial charge in [0.15, 0.2) is 34.7 Å². The van der Waals surface area contributed by atoms with Crippen LogP contribution >= 0.6 is 0 Å². The number of Topliss-reactive ketones (excluding diaryl/α,β-unsaturated/α-hetero) is 4. The van der Waals surface area contributed by atoms with E-state index in [1.165, 1.54) is 4.90 Å². The minimum Gasteiger partial charge on any atom is -0.505 e. The van der Waals surface area contributed by atoms with Gasteiger partial charge >= 0.3 is 0 Å². The van der Waals surface area contributed by atoms with E-state index in [4.69, 9.17) is 5.73 Å². The highest BCUT2D eigenvalue weighted by molar-refractivity contribution is 6.32. The van der Waals surface area contributed by atoms with Gasteiger partial charge in [-0.25, -0.2) is 0 Å². The van der Waals surface area contributed by atoms with Crippen LogP contribution in [0.15, 0.2) is 12.1 Å². The van der Waals surface area contributed by atoms with Crippen LogP contribution in [0.1, 0.15) is 35.2 Å². The Labute approximate surface area is 213 Å². The first-order valence-electron chi connectivity index (χ1n) is 12.6. The van der Waals surface area contributed by atoms with Crippen molar-refractivity contribution in [2.75, 3.05) is 32.5 Å². The fourth-order valence-corrected chi connectivity index (χ4v) is 6.88. The third-order valence-electron chi connectivity index (χ3n) is 8.63. The minimum atomic E-state index is -2.71. The maximum Gasteiger partial charge on any atom is 0.235 e. The number of aromatic hydroxyl groups is 1. The normalized spacial score (nSPS) is 34.1. The number of carbonyl (C=O) groups excluding carboxylic acids is 5.